The van der Waals surface area contributed by atoms with Gasteiger partial charge in [-0.2, -0.15) is 13.2 Å². The molecule has 1 aromatic rings. The number of alkyl halides is 3. The molecule has 1 aromatic carbocycles. The Hall–Kier alpha value is -1.72. The van der Waals surface area contributed by atoms with Gasteiger partial charge in [0.25, 0.3) is 0 Å². The lowest BCUT2D eigenvalue weighted by Gasteiger charge is -2.20. The summed E-state index contributed by atoms with van der Waals surface area (Å²) in [5.41, 5.74) is -0.191. The van der Waals surface area contributed by atoms with E-state index in [2.05, 4.69) is 0 Å². The molecule has 0 spiro atoms. The number of methoxy groups -OCH3 is 1. The van der Waals surface area contributed by atoms with Crippen molar-refractivity contribution in [2.45, 2.75) is 38.3 Å². The SMILES string of the molecule is CCC(CC1CC1C(=O)O)c1cc(C(F)(F)F)ccc1OC. The summed E-state index contributed by atoms with van der Waals surface area (Å²) in [6.07, 6.45) is -2.58. The van der Waals surface area contributed by atoms with Crippen LogP contribution in [0.15, 0.2) is 18.2 Å². The van der Waals surface area contributed by atoms with E-state index >= 15 is 0 Å². The number of carboxylic acid groups (broad SMARTS) is 1. The van der Waals surface area contributed by atoms with Crippen molar-refractivity contribution >= 4 is 5.97 Å². The standard InChI is InChI=1S/C16H19F3O3/c1-3-9(6-10-7-13(10)15(20)21)12-8-11(16(17,18)19)4-5-14(12)22-2/h4-5,8-10,13H,3,6-7H2,1-2H3,(H,20,21). The van der Waals surface area contributed by atoms with Crippen LogP contribution in [-0.2, 0) is 11.0 Å². The average molecular weight is 316 g/mol. The molecular weight excluding hydrogens is 297 g/mol. The van der Waals surface area contributed by atoms with Crippen molar-refractivity contribution in [3.8, 4) is 5.75 Å². The fourth-order valence-corrected chi connectivity index (χ4v) is 2.92. The van der Waals surface area contributed by atoms with Gasteiger partial charge in [-0.15, -0.1) is 0 Å². The van der Waals surface area contributed by atoms with E-state index in [9.17, 15) is 18.0 Å². The second kappa shape index (κ2) is 6.18. The Kier molecular flexibility index (Phi) is 4.68. The Balaban J connectivity index is 2.25. The molecule has 0 amide bonds. The summed E-state index contributed by atoms with van der Waals surface area (Å²) in [4.78, 5) is 10.9. The molecule has 2 rings (SSSR count). The second-order valence-electron chi connectivity index (χ2n) is 5.74. The Morgan fingerprint density at radius 2 is 2.14 bits per heavy atom. The number of halogens is 3. The minimum absolute atomic E-state index is 0.0432. The highest BCUT2D eigenvalue weighted by Gasteiger charge is 2.44. The van der Waals surface area contributed by atoms with E-state index < -0.39 is 17.7 Å². The van der Waals surface area contributed by atoms with Crippen molar-refractivity contribution < 1.29 is 27.8 Å². The Bertz CT molecular complexity index is 554. The van der Waals surface area contributed by atoms with Crippen LogP contribution in [0, 0.1) is 11.8 Å². The first kappa shape index (κ1) is 16.6. The smallest absolute Gasteiger partial charge is 0.416 e. The number of aliphatic carboxylic acids is 1. The van der Waals surface area contributed by atoms with Gasteiger partial charge in [0.2, 0.25) is 0 Å². The van der Waals surface area contributed by atoms with Crippen LogP contribution in [0.4, 0.5) is 13.2 Å². The van der Waals surface area contributed by atoms with E-state index in [4.69, 9.17) is 9.84 Å². The third-order valence-corrected chi connectivity index (χ3v) is 4.32. The van der Waals surface area contributed by atoms with Gasteiger partial charge in [0, 0.05) is 0 Å². The largest absolute Gasteiger partial charge is 0.496 e. The van der Waals surface area contributed by atoms with Crippen molar-refractivity contribution in [3.63, 3.8) is 0 Å². The van der Waals surface area contributed by atoms with Gasteiger partial charge >= 0.3 is 12.1 Å². The fraction of sp³-hybridized carbons (Fsp3) is 0.562. The summed E-state index contributed by atoms with van der Waals surface area (Å²) >= 11 is 0. The predicted octanol–water partition coefficient (Wildman–Crippen LogP) is 4.32. The molecule has 0 radical (unpaired) electrons. The molecule has 0 saturated heterocycles. The normalized spacial score (nSPS) is 22.2. The van der Waals surface area contributed by atoms with Crippen LogP contribution >= 0.6 is 0 Å². The molecule has 1 saturated carbocycles. The molecule has 0 heterocycles. The molecular formula is C16H19F3O3. The molecule has 122 valence electrons. The van der Waals surface area contributed by atoms with Crippen LogP contribution in [0.3, 0.4) is 0 Å². The monoisotopic (exact) mass is 316 g/mol. The van der Waals surface area contributed by atoms with Gasteiger partial charge in [0.05, 0.1) is 18.6 Å². The molecule has 1 aliphatic carbocycles. The second-order valence-corrected chi connectivity index (χ2v) is 5.74. The highest BCUT2D eigenvalue weighted by Crippen LogP contribution is 2.47. The van der Waals surface area contributed by atoms with Gasteiger partial charge in [-0.3, -0.25) is 4.79 Å². The predicted molar refractivity (Wildman–Crippen MR) is 74.9 cm³/mol. The number of carboxylic acids is 1. The van der Waals surface area contributed by atoms with Crippen molar-refractivity contribution in [2.24, 2.45) is 11.8 Å². The number of hydrogen-bond acceptors (Lipinski definition) is 2. The zero-order chi connectivity index (χ0) is 16.5. The maximum atomic E-state index is 12.9. The Morgan fingerprint density at radius 3 is 2.59 bits per heavy atom. The van der Waals surface area contributed by atoms with Gasteiger partial charge in [-0.1, -0.05) is 6.92 Å². The summed E-state index contributed by atoms with van der Waals surface area (Å²) in [6.45, 7) is 1.89. The van der Waals surface area contributed by atoms with E-state index in [-0.39, 0.29) is 17.8 Å². The molecule has 3 unspecified atom stereocenters. The fourth-order valence-electron chi connectivity index (χ4n) is 2.92. The Morgan fingerprint density at radius 1 is 1.45 bits per heavy atom. The topological polar surface area (TPSA) is 46.5 Å². The van der Waals surface area contributed by atoms with Crippen LogP contribution in [0.1, 0.15) is 43.2 Å². The van der Waals surface area contributed by atoms with Crippen LogP contribution in [0.25, 0.3) is 0 Å². The molecule has 3 nitrogen and oxygen atoms in total. The third-order valence-electron chi connectivity index (χ3n) is 4.32. The zero-order valence-corrected chi connectivity index (χ0v) is 12.5. The number of hydrogen-bond donors (Lipinski definition) is 1. The molecule has 1 fully saturated rings. The van der Waals surface area contributed by atoms with Crippen molar-refractivity contribution in [2.75, 3.05) is 7.11 Å². The molecule has 6 heteroatoms. The number of rotatable bonds is 6. The van der Waals surface area contributed by atoms with Gasteiger partial charge < -0.3 is 9.84 Å². The maximum absolute atomic E-state index is 12.9. The minimum atomic E-state index is -4.40. The van der Waals surface area contributed by atoms with Crippen LogP contribution in [0.2, 0.25) is 0 Å². The average Bonchev–Trinajstić information content (AvgIpc) is 3.22. The summed E-state index contributed by atoms with van der Waals surface area (Å²) in [5.74, 6) is -0.845. The van der Waals surface area contributed by atoms with Gasteiger partial charge in [-0.05, 0) is 54.9 Å². The molecule has 0 aromatic heterocycles. The van der Waals surface area contributed by atoms with Crippen LogP contribution in [0.5, 0.6) is 5.75 Å². The first-order chi connectivity index (χ1) is 10.3. The summed E-state index contributed by atoms with van der Waals surface area (Å²) < 4.78 is 43.9. The summed E-state index contributed by atoms with van der Waals surface area (Å²) in [5, 5.41) is 8.96. The first-order valence-corrected chi connectivity index (χ1v) is 7.25. The van der Waals surface area contributed by atoms with Gasteiger partial charge in [-0.25, -0.2) is 0 Å². The van der Waals surface area contributed by atoms with Crippen LogP contribution < -0.4 is 4.74 Å². The number of benzene rings is 1. The summed E-state index contributed by atoms with van der Waals surface area (Å²) in [6, 6.07) is 3.47. The van der Waals surface area contributed by atoms with E-state index in [0.29, 0.717) is 30.6 Å². The lowest BCUT2D eigenvalue weighted by atomic mass is 9.89. The van der Waals surface area contributed by atoms with E-state index in [1.807, 2.05) is 6.92 Å². The van der Waals surface area contributed by atoms with Crippen molar-refractivity contribution in [1.29, 1.82) is 0 Å². The van der Waals surface area contributed by atoms with Crippen LogP contribution in [-0.4, -0.2) is 18.2 Å². The third kappa shape index (κ3) is 3.54. The van der Waals surface area contributed by atoms with Crippen molar-refractivity contribution in [1.82, 2.24) is 0 Å². The quantitative estimate of drug-likeness (QED) is 0.850. The maximum Gasteiger partial charge on any atom is 0.416 e. The lowest BCUT2D eigenvalue weighted by Crippen LogP contribution is -2.09. The molecule has 3 atom stereocenters. The lowest BCUT2D eigenvalue weighted by molar-refractivity contribution is -0.139. The van der Waals surface area contributed by atoms with Crippen molar-refractivity contribution in [3.05, 3.63) is 29.3 Å². The highest BCUT2D eigenvalue weighted by molar-refractivity contribution is 5.73. The first-order valence-electron chi connectivity index (χ1n) is 7.25. The number of ether oxygens (including phenoxy) is 1. The van der Waals surface area contributed by atoms with E-state index in [1.165, 1.54) is 13.2 Å². The molecule has 1 N–H and O–H groups in total. The minimum Gasteiger partial charge on any atom is -0.496 e. The molecule has 22 heavy (non-hydrogen) atoms. The van der Waals surface area contributed by atoms with E-state index in [1.54, 1.807) is 0 Å². The molecule has 1 aliphatic rings. The number of carbonyl (C=O) groups is 1. The van der Waals surface area contributed by atoms with Gasteiger partial charge in [0.15, 0.2) is 0 Å². The highest BCUT2D eigenvalue weighted by atomic mass is 19.4. The Labute approximate surface area is 127 Å². The zero-order valence-electron chi connectivity index (χ0n) is 12.5. The van der Waals surface area contributed by atoms with E-state index in [0.717, 1.165) is 12.1 Å². The summed E-state index contributed by atoms with van der Waals surface area (Å²) in [7, 11) is 1.43. The molecule has 0 aliphatic heterocycles. The molecule has 0 bridgehead atoms. The van der Waals surface area contributed by atoms with Gasteiger partial charge in [0.1, 0.15) is 5.75 Å².